The molecule has 1 aliphatic rings. The summed E-state index contributed by atoms with van der Waals surface area (Å²) in [4.78, 5) is 16.5. The molecule has 0 radical (unpaired) electrons. The van der Waals surface area contributed by atoms with Gasteiger partial charge in [0.15, 0.2) is 0 Å². The van der Waals surface area contributed by atoms with E-state index in [0.29, 0.717) is 24.3 Å². The molecular formula is C15H31N3O. The van der Waals surface area contributed by atoms with Crippen LogP contribution in [-0.4, -0.2) is 55.5 Å². The lowest BCUT2D eigenvalue weighted by molar-refractivity contribution is -0.130. The standard InChI is InChI=1S/C15H31N3O/c1-4-5-13(8-10-16)6-7-15(19)18-11-9-14(12-18)17(2)3/h13-14H,4-12,16H2,1-3H3. The molecule has 1 saturated heterocycles. The van der Waals surface area contributed by atoms with Crippen molar-refractivity contribution in [3.63, 3.8) is 0 Å². The summed E-state index contributed by atoms with van der Waals surface area (Å²) in [6, 6.07) is 0.541. The van der Waals surface area contributed by atoms with Gasteiger partial charge in [-0.3, -0.25) is 4.79 Å². The summed E-state index contributed by atoms with van der Waals surface area (Å²) in [5.41, 5.74) is 5.64. The van der Waals surface area contributed by atoms with Gasteiger partial charge in [0.1, 0.15) is 0 Å². The van der Waals surface area contributed by atoms with E-state index in [1.807, 2.05) is 4.90 Å². The molecule has 1 rings (SSSR count). The SMILES string of the molecule is CCCC(CCN)CCC(=O)N1CCC(N(C)C)C1. The summed E-state index contributed by atoms with van der Waals surface area (Å²) in [6.45, 7) is 4.77. The summed E-state index contributed by atoms with van der Waals surface area (Å²) in [5.74, 6) is 0.966. The van der Waals surface area contributed by atoms with Crippen molar-refractivity contribution in [1.29, 1.82) is 0 Å². The number of nitrogens with zero attached hydrogens (tertiary/aromatic N) is 2. The molecule has 1 fully saturated rings. The zero-order valence-corrected chi connectivity index (χ0v) is 12.9. The summed E-state index contributed by atoms with van der Waals surface area (Å²) in [6.07, 6.45) is 6.26. The van der Waals surface area contributed by atoms with Crippen molar-refractivity contribution in [3.05, 3.63) is 0 Å². The molecule has 0 aromatic rings. The molecule has 2 N–H and O–H groups in total. The second-order valence-corrected chi connectivity index (χ2v) is 6.02. The van der Waals surface area contributed by atoms with Crippen molar-refractivity contribution < 1.29 is 4.79 Å². The van der Waals surface area contributed by atoms with Crippen LogP contribution in [0.1, 0.15) is 45.4 Å². The average molecular weight is 269 g/mol. The zero-order chi connectivity index (χ0) is 14.3. The van der Waals surface area contributed by atoms with Crippen molar-refractivity contribution >= 4 is 5.91 Å². The molecule has 2 unspecified atom stereocenters. The monoisotopic (exact) mass is 269 g/mol. The number of carbonyl (C=O) groups excluding carboxylic acids is 1. The normalized spacial score (nSPS) is 21.1. The van der Waals surface area contributed by atoms with Gasteiger partial charge in [-0.15, -0.1) is 0 Å². The number of hydrogen-bond acceptors (Lipinski definition) is 3. The van der Waals surface area contributed by atoms with Gasteiger partial charge in [0.05, 0.1) is 0 Å². The smallest absolute Gasteiger partial charge is 0.222 e. The maximum absolute atomic E-state index is 12.2. The predicted molar refractivity (Wildman–Crippen MR) is 80.0 cm³/mol. The van der Waals surface area contributed by atoms with Gasteiger partial charge < -0.3 is 15.5 Å². The Morgan fingerprint density at radius 1 is 1.37 bits per heavy atom. The number of carbonyl (C=O) groups is 1. The van der Waals surface area contributed by atoms with Crippen molar-refractivity contribution in [2.75, 3.05) is 33.7 Å². The molecular weight excluding hydrogens is 238 g/mol. The van der Waals surface area contributed by atoms with Gasteiger partial charge in [-0.05, 0) is 45.8 Å². The van der Waals surface area contributed by atoms with Gasteiger partial charge in [-0.1, -0.05) is 19.8 Å². The number of hydrogen-bond donors (Lipinski definition) is 1. The highest BCUT2D eigenvalue weighted by Crippen LogP contribution is 2.20. The van der Waals surface area contributed by atoms with E-state index < -0.39 is 0 Å². The minimum Gasteiger partial charge on any atom is -0.341 e. The number of rotatable bonds is 8. The number of nitrogens with two attached hydrogens (primary N) is 1. The molecule has 19 heavy (non-hydrogen) atoms. The van der Waals surface area contributed by atoms with E-state index in [-0.39, 0.29) is 0 Å². The third kappa shape index (κ3) is 5.49. The van der Waals surface area contributed by atoms with E-state index in [0.717, 1.165) is 38.9 Å². The van der Waals surface area contributed by atoms with Gasteiger partial charge in [-0.25, -0.2) is 0 Å². The second kappa shape index (κ2) is 8.54. The highest BCUT2D eigenvalue weighted by molar-refractivity contribution is 5.76. The first kappa shape index (κ1) is 16.4. The Labute approximate surface area is 118 Å². The van der Waals surface area contributed by atoms with Crippen LogP contribution in [0.5, 0.6) is 0 Å². The van der Waals surface area contributed by atoms with E-state index in [1.54, 1.807) is 0 Å². The minimum atomic E-state index is 0.336. The molecule has 4 heteroatoms. The highest BCUT2D eigenvalue weighted by Gasteiger charge is 2.27. The van der Waals surface area contributed by atoms with Crippen LogP contribution in [0.15, 0.2) is 0 Å². The van der Waals surface area contributed by atoms with Crippen molar-refractivity contribution in [2.24, 2.45) is 11.7 Å². The fourth-order valence-corrected chi connectivity index (χ4v) is 2.95. The lowest BCUT2D eigenvalue weighted by Gasteiger charge is -2.21. The molecule has 1 heterocycles. The van der Waals surface area contributed by atoms with Gasteiger partial charge in [-0.2, -0.15) is 0 Å². The van der Waals surface area contributed by atoms with Crippen LogP contribution >= 0.6 is 0 Å². The molecule has 1 amide bonds. The number of likely N-dealkylation sites (tertiary alicyclic amines) is 1. The molecule has 0 aliphatic carbocycles. The first-order valence-corrected chi connectivity index (χ1v) is 7.72. The second-order valence-electron chi connectivity index (χ2n) is 6.02. The van der Waals surface area contributed by atoms with Crippen molar-refractivity contribution in [3.8, 4) is 0 Å². The molecule has 1 aliphatic heterocycles. The Morgan fingerprint density at radius 3 is 2.63 bits per heavy atom. The third-order valence-corrected chi connectivity index (χ3v) is 4.28. The van der Waals surface area contributed by atoms with Gasteiger partial charge in [0, 0.05) is 25.6 Å². The van der Waals surface area contributed by atoms with E-state index in [1.165, 1.54) is 12.8 Å². The average Bonchev–Trinajstić information content (AvgIpc) is 2.86. The number of amides is 1. The summed E-state index contributed by atoms with van der Waals surface area (Å²) in [7, 11) is 4.19. The zero-order valence-electron chi connectivity index (χ0n) is 12.9. The lowest BCUT2D eigenvalue weighted by atomic mass is 9.94. The minimum absolute atomic E-state index is 0.336. The Morgan fingerprint density at radius 2 is 2.11 bits per heavy atom. The molecule has 2 atom stereocenters. The molecule has 4 nitrogen and oxygen atoms in total. The van der Waals surface area contributed by atoms with E-state index >= 15 is 0 Å². The van der Waals surface area contributed by atoms with Crippen molar-refractivity contribution in [2.45, 2.75) is 51.5 Å². The summed E-state index contributed by atoms with van der Waals surface area (Å²) in [5, 5.41) is 0. The Kier molecular flexibility index (Phi) is 7.39. The molecule has 0 saturated carbocycles. The van der Waals surface area contributed by atoms with Crippen LogP contribution in [0, 0.1) is 5.92 Å². The maximum Gasteiger partial charge on any atom is 0.222 e. The molecule has 0 bridgehead atoms. The molecule has 0 aromatic carbocycles. The van der Waals surface area contributed by atoms with Crippen LogP contribution in [0.3, 0.4) is 0 Å². The van der Waals surface area contributed by atoms with Crippen LogP contribution in [0.25, 0.3) is 0 Å². The van der Waals surface area contributed by atoms with Crippen LogP contribution < -0.4 is 5.73 Å². The topological polar surface area (TPSA) is 49.6 Å². The number of likely N-dealkylation sites (N-methyl/N-ethyl adjacent to an activating group) is 1. The van der Waals surface area contributed by atoms with Crippen molar-refractivity contribution in [1.82, 2.24) is 9.80 Å². The summed E-state index contributed by atoms with van der Waals surface area (Å²) >= 11 is 0. The van der Waals surface area contributed by atoms with E-state index in [4.69, 9.17) is 5.73 Å². The van der Waals surface area contributed by atoms with Crippen LogP contribution in [0.4, 0.5) is 0 Å². The first-order chi connectivity index (χ1) is 9.08. The largest absolute Gasteiger partial charge is 0.341 e. The quantitative estimate of drug-likeness (QED) is 0.729. The molecule has 112 valence electrons. The summed E-state index contributed by atoms with van der Waals surface area (Å²) < 4.78 is 0. The Balaban J connectivity index is 2.30. The fraction of sp³-hybridized carbons (Fsp3) is 0.933. The van der Waals surface area contributed by atoms with Gasteiger partial charge in [0.25, 0.3) is 0 Å². The Bertz CT molecular complexity index is 262. The fourth-order valence-electron chi connectivity index (χ4n) is 2.95. The van der Waals surface area contributed by atoms with Crippen LogP contribution in [-0.2, 0) is 4.79 Å². The highest BCUT2D eigenvalue weighted by atomic mass is 16.2. The third-order valence-electron chi connectivity index (χ3n) is 4.28. The molecule has 0 aromatic heterocycles. The maximum atomic E-state index is 12.2. The first-order valence-electron chi connectivity index (χ1n) is 7.72. The van der Waals surface area contributed by atoms with E-state index in [9.17, 15) is 4.79 Å². The van der Waals surface area contributed by atoms with Crippen LogP contribution in [0.2, 0.25) is 0 Å². The Hall–Kier alpha value is -0.610. The van der Waals surface area contributed by atoms with Gasteiger partial charge in [0.2, 0.25) is 5.91 Å². The van der Waals surface area contributed by atoms with Gasteiger partial charge >= 0.3 is 0 Å². The predicted octanol–water partition coefficient (Wildman–Crippen LogP) is 1.69. The molecule has 0 spiro atoms. The van der Waals surface area contributed by atoms with E-state index in [2.05, 4.69) is 25.9 Å². The lowest BCUT2D eigenvalue weighted by Crippen LogP contribution is -2.34.